The topological polar surface area (TPSA) is 58.2 Å². The van der Waals surface area contributed by atoms with Crippen molar-refractivity contribution in [2.24, 2.45) is 0 Å². The van der Waals surface area contributed by atoms with Crippen LogP contribution < -0.4 is 10.6 Å². The van der Waals surface area contributed by atoms with Gasteiger partial charge >= 0.3 is 0 Å². The molecule has 6 heteroatoms. The molecule has 27 heavy (non-hydrogen) atoms. The lowest BCUT2D eigenvalue weighted by Gasteiger charge is -2.22. The minimum absolute atomic E-state index is 0.0387. The van der Waals surface area contributed by atoms with Crippen molar-refractivity contribution in [2.45, 2.75) is 45.2 Å². The molecule has 2 N–H and O–H groups in total. The highest BCUT2D eigenvalue weighted by Gasteiger charge is 2.24. The van der Waals surface area contributed by atoms with Crippen molar-refractivity contribution in [1.29, 1.82) is 0 Å². The van der Waals surface area contributed by atoms with Gasteiger partial charge in [-0.3, -0.25) is 9.59 Å². The van der Waals surface area contributed by atoms with Crippen molar-refractivity contribution >= 4 is 35.0 Å². The predicted molar refractivity (Wildman–Crippen MR) is 110 cm³/mol. The van der Waals surface area contributed by atoms with Crippen LogP contribution in [0.4, 0.5) is 0 Å². The van der Waals surface area contributed by atoms with Crippen LogP contribution in [0, 0.1) is 0 Å². The molecule has 0 saturated carbocycles. The molecule has 0 bridgehead atoms. The second kappa shape index (κ2) is 10.3. The number of halogens is 2. The van der Waals surface area contributed by atoms with Gasteiger partial charge in [0.1, 0.15) is 6.04 Å². The lowest BCUT2D eigenvalue weighted by Crippen LogP contribution is -2.50. The lowest BCUT2D eigenvalue weighted by molar-refractivity contribution is -0.123. The third-order valence-electron chi connectivity index (χ3n) is 4.19. The fourth-order valence-corrected chi connectivity index (χ4v) is 3.31. The molecule has 2 rings (SSSR count). The summed E-state index contributed by atoms with van der Waals surface area (Å²) in [5.41, 5.74) is 1.25. The molecule has 0 aliphatic rings. The average molecular weight is 407 g/mol. The van der Waals surface area contributed by atoms with Crippen LogP contribution in [-0.4, -0.2) is 23.9 Å². The number of amides is 2. The van der Waals surface area contributed by atoms with Crippen molar-refractivity contribution in [3.05, 3.63) is 69.7 Å². The number of nitrogens with one attached hydrogen (secondary N) is 2. The fraction of sp³-hybridized carbons (Fsp3) is 0.333. The number of carbonyl (C=O) groups is 2. The monoisotopic (exact) mass is 406 g/mol. The third-order valence-corrected chi connectivity index (χ3v) is 4.74. The van der Waals surface area contributed by atoms with E-state index in [0.29, 0.717) is 11.4 Å². The Morgan fingerprint density at radius 2 is 1.74 bits per heavy atom. The summed E-state index contributed by atoms with van der Waals surface area (Å²) in [7, 11) is 0. The van der Waals surface area contributed by atoms with E-state index in [2.05, 4.69) is 17.6 Å². The van der Waals surface area contributed by atoms with E-state index in [9.17, 15) is 9.59 Å². The Bertz CT molecular complexity index is 781. The first kappa shape index (κ1) is 21.3. The first-order chi connectivity index (χ1) is 12.9. The molecule has 2 aromatic carbocycles. The average Bonchev–Trinajstić information content (AvgIpc) is 2.62. The van der Waals surface area contributed by atoms with Crippen LogP contribution in [0.15, 0.2) is 48.5 Å². The molecule has 2 amide bonds. The smallest absolute Gasteiger partial charge is 0.253 e. The van der Waals surface area contributed by atoms with E-state index in [4.69, 9.17) is 23.2 Å². The van der Waals surface area contributed by atoms with Gasteiger partial charge in [-0.15, -0.1) is 0 Å². The predicted octanol–water partition coefficient (Wildman–Crippen LogP) is 4.64. The first-order valence-electron chi connectivity index (χ1n) is 9.01. The zero-order valence-corrected chi connectivity index (χ0v) is 17.0. The summed E-state index contributed by atoms with van der Waals surface area (Å²) in [6, 6.07) is 13.6. The molecule has 0 aliphatic carbocycles. The van der Waals surface area contributed by atoms with Crippen molar-refractivity contribution < 1.29 is 9.59 Å². The normalized spacial score (nSPS) is 12.9. The van der Waals surface area contributed by atoms with Crippen LogP contribution in [0.1, 0.15) is 42.6 Å². The van der Waals surface area contributed by atoms with Gasteiger partial charge in [0, 0.05) is 17.5 Å². The molecular formula is C21H24Cl2N2O2. The first-order valence-corrected chi connectivity index (χ1v) is 9.76. The van der Waals surface area contributed by atoms with Crippen LogP contribution in [0.5, 0.6) is 0 Å². The molecule has 2 atom stereocenters. The molecule has 0 saturated heterocycles. The molecule has 0 aromatic heterocycles. The van der Waals surface area contributed by atoms with Gasteiger partial charge in [-0.25, -0.2) is 0 Å². The standard InChI is InChI=1S/C21H24Cl2N2O2/c1-3-7-14(2)24-21(27)19(12-15-8-5-4-6-9-15)25-20(26)17-11-10-16(22)13-18(17)23/h4-6,8-11,13-14,19H,3,7,12H2,1-2H3,(H,24,27)(H,25,26). The number of hydrogen-bond acceptors (Lipinski definition) is 2. The van der Waals surface area contributed by atoms with Gasteiger partial charge < -0.3 is 10.6 Å². The van der Waals surface area contributed by atoms with Crippen LogP contribution in [0.3, 0.4) is 0 Å². The zero-order valence-electron chi connectivity index (χ0n) is 15.5. The van der Waals surface area contributed by atoms with E-state index >= 15 is 0 Å². The van der Waals surface area contributed by atoms with Gasteiger partial charge in [0.15, 0.2) is 0 Å². The molecule has 0 fully saturated rings. The van der Waals surface area contributed by atoms with Gasteiger partial charge in [0.05, 0.1) is 10.6 Å². The fourth-order valence-electron chi connectivity index (χ4n) is 2.82. The highest BCUT2D eigenvalue weighted by atomic mass is 35.5. The number of carbonyl (C=O) groups excluding carboxylic acids is 2. The van der Waals surface area contributed by atoms with Gasteiger partial charge in [-0.05, 0) is 37.1 Å². The number of benzene rings is 2. The second-order valence-corrected chi connectivity index (χ2v) is 7.38. The van der Waals surface area contributed by atoms with E-state index in [-0.39, 0.29) is 22.5 Å². The van der Waals surface area contributed by atoms with E-state index in [1.807, 2.05) is 37.3 Å². The van der Waals surface area contributed by atoms with Crippen molar-refractivity contribution in [3.63, 3.8) is 0 Å². The zero-order chi connectivity index (χ0) is 19.8. The van der Waals surface area contributed by atoms with E-state index in [0.717, 1.165) is 18.4 Å². The summed E-state index contributed by atoms with van der Waals surface area (Å²) in [4.78, 5) is 25.4. The van der Waals surface area contributed by atoms with Crippen molar-refractivity contribution in [1.82, 2.24) is 10.6 Å². The minimum Gasteiger partial charge on any atom is -0.352 e. The Balaban J connectivity index is 2.17. The molecule has 0 spiro atoms. The van der Waals surface area contributed by atoms with E-state index in [1.54, 1.807) is 12.1 Å². The summed E-state index contributed by atoms with van der Waals surface area (Å²) in [6.07, 6.45) is 2.24. The quantitative estimate of drug-likeness (QED) is 0.670. The number of hydrogen-bond donors (Lipinski definition) is 2. The largest absolute Gasteiger partial charge is 0.352 e. The van der Waals surface area contributed by atoms with Crippen molar-refractivity contribution in [2.75, 3.05) is 0 Å². The Morgan fingerprint density at radius 1 is 1.04 bits per heavy atom. The summed E-state index contributed by atoms with van der Waals surface area (Å²) in [5, 5.41) is 6.48. The van der Waals surface area contributed by atoms with Crippen LogP contribution in [0.2, 0.25) is 10.0 Å². The van der Waals surface area contributed by atoms with Gasteiger partial charge in [0.25, 0.3) is 5.91 Å². The highest BCUT2D eigenvalue weighted by molar-refractivity contribution is 6.36. The third kappa shape index (κ3) is 6.56. The second-order valence-electron chi connectivity index (χ2n) is 6.54. The maximum Gasteiger partial charge on any atom is 0.253 e. The molecule has 0 heterocycles. The summed E-state index contributed by atoms with van der Waals surface area (Å²) >= 11 is 12.0. The highest BCUT2D eigenvalue weighted by Crippen LogP contribution is 2.21. The van der Waals surface area contributed by atoms with Crippen LogP contribution in [0.25, 0.3) is 0 Å². The lowest BCUT2D eigenvalue weighted by atomic mass is 10.0. The van der Waals surface area contributed by atoms with Crippen LogP contribution in [-0.2, 0) is 11.2 Å². The molecule has 0 aliphatic heterocycles. The Morgan fingerprint density at radius 3 is 2.37 bits per heavy atom. The van der Waals surface area contributed by atoms with Crippen molar-refractivity contribution in [3.8, 4) is 0 Å². The van der Waals surface area contributed by atoms with E-state index in [1.165, 1.54) is 6.07 Å². The maximum atomic E-state index is 12.8. The molecule has 2 aromatic rings. The van der Waals surface area contributed by atoms with Gasteiger partial charge in [-0.1, -0.05) is 66.9 Å². The summed E-state index contributed by atoms with van der Waals surface area (Å²) in [5.74, 6) is -0.617. The minimum atomic E-state index is -0.703. The summed E-state index contributed by atoms with van der Waals surface area (Å²) in [6.45, 7) is 4.02. The van der Waals surface area contributed by atoms with E-state index < -0.39 is 11.9 Å². The number of rotatable bonds is 8. The van der Waals surface area contributed by atoms with Crippen LogP contribution >= 0.6 is 23.2 Å². The Hall–Kier alpha value is -2.04. The van der Waals surface area contributed by atoms with Gasteiger partial charge in [-0.2, -0.15) is 0 Å². The Labute approximate surface area is 170 Å². The summed E-state index contributed by atoms with van der Waals surface area (Å²) < 4.78 is 0. The maximum absolute atomic E-state index is 12.8. The molecule has 4 nitrogen and oxygen atoms in total. The van der Waals surface area contributed by atoms with Gasteiger partial charge in [0.2, 0.25) is 5.91 Å². The molecule has 0 radical (unpaired) electrons. The SMILES string of the molecule is CCCC(C)NC(=O)C(Cc1ccccc1)NC(=O)c1ccc(Cl)cc1Cl. The molecule has 2 unspecified atom stereocenters. The Kier molecular flexibility index (Phi) is 8.14. The molecule has 144 valence electrons. The molecular weight excluding hydrogens is 383 g/mol.